The fraction of sp³-hybridized carbons (Fsp3) is 0.500. The van der Waals surface area contributed by atoms with Gasteiger partial charge in [-0.05, 0) is 18.6 Å². The molecule has 0 saturated heterocycles. The largest absolute Gasteiger partial charge is 0.246 e. The quantitative estimate of drug-likeness (QED) is 0.757. The summed E-state index contributed by atoms with van der Waals surface area (Å²) in [5.41, 5.74) is 2.69. The maximum atomic E-state index is 5.78. The lowest BCUT2D eigenvalue weighted by atomic mass is 9.92. The number of hydrogen-bond acceptors (Lipinski definition) is 1. The van der Waals surface area contributed by atoms with Gasteiger partial charge in [0.1, 0.15) is 11.2 Å². The SMILES string of the molecule is CCC1=[NH+][C@@H](C)C[C@@H]1c1ccc(Cl)nc1. The minimum Gasteiger partial charge on any atom is -0.246 e. The van der Waals surface area contributed by atoms with Crippen LogP contribution in [0.25, 0.3) is 0 Å². The molecule has 0 fully saturated rings. The molecule has 2 atom stereocenters. The first kappa shape index (κ1) is 10.6. The number of nitrogens with zero attached hydrogens (tertiary/aromatic N) is 1. The van der Waals surface area contributed by atoms with Crippen molar-refractivity contribution >= 4 is 17.3 Å². The van der Waals surface area contributed by atoms with Crippen molar-refractivity contribution in [1.29, 1.82) is 0 Å². The molecule has 1 aliphatic rings. The Hall–Kier alpha value is -0.890. The van der Waals surface area contributed by atoms with E-state index >= 15 is 0 Å². The Kier molecular flexibility index (Phi) is 3.06. The maximum Gasteiger partial charge on any atom is 0.158 e. The molecular formula is C12H16ClN2+. The van der Waals surface area contributed by atoms with E-state index in [1.165, 1.54) is 11.3 Å². The average Bonchev–Trinajstić information content (AvgIpc) is 2.61. The molecule has 15 heavy (non-hydrogen) atoms. The fourth-order valence-corrected chi connectivity index (χ4v) is 2.36. The van der Waals surface area contributed by atoms with Gasteiger partial charge in [0.05, 0.1) is 5.92 Å². The number of halogens is 1. The molecular weight excluding hydrogens is 208 g/mol. The third-order valence-corrected chi connectivity index (χ3v) is 3.20. The number of aromatic nitrogens is 1. The number of hydrogen-bond donors (Lipinski definition) is 1. The van der Waals surface area contributed by atoms with Crippen LogP contribution < -0.4 is 4.99 Å². The molecule has 0 aliphatic carbocycles. The summed E-state index contributed by atoms with van der Waals surface area (Å²) in [6.45, 7) is 4.41. The van der Waals surface area contributed by atoms with Gasteiger partial charge in [-0.1, -0.05) is 24.6 Å². The van der Waals surface area contributed by atoms with Crippen LogP contribution in [0.2, 0.25) is 5.15 Å². The lowest BCUT2D eigenvalue weighted by molar-refractivity contribution is -0.489. The molecule has 2 rings (SSSR count). The van der Waals surface area contributed by atoms with Gasteiger partial charge in [0.15, 0.2) is 5.71 Å². The first-order chi connectivity index (χ1) is 7.20. The van der Waals surface area contributed by atoms with Crippen LogP contribution in [-0.4, -0.2) is 16.7 Å². The number of pyridine rings is 1. The predicted octanol–water partition coefficient (Wildman–Crippen LogP) is 1.54. The zero-order chi connectivity index (χ0) is 10.8. The van der Waals surface area contributed by atoms with E-state index in [1.807, 2.05) is 12.3 Å². The Bertz CT molecular complexity index is 370. The van der Waals surface area contributed by atoms with Crippen molar-refractivity contribution in [2.45, 2.75) is 38.6 Å². The van der Waals surface area contributed by atoms with Gasteiger partial charge in [-0.15, -0.1) is 0 Å². The van der Waals surface area contributed by atoms with Crippen LogP contribution in [0.3, 0.4) is 0 Å². The summed E-state index contributed by atoms with van der Waals surface area (Å²) in [4.78, 5) is 7.66. The van der Waals surface area contributed by atoms with E-state index in [2.05, 4.69) is 29.9 Å². The molecule has 2 heterocycles. The van der Waals surface area contributed by atoms with Crippen molar-refractivity contribution < 1.29 is 4.99 Å². The third-order valence-electron chi connectivity index (χ3n) is 2.98. The molecule has 2 nitrogen and oxygen atoms in total. The predicted molar refractivity (Wildman–Crippen MR) is 62.3 cm³/mol. The molecule has 1 aliphatic heterocycles. The highest BCUT2D eigenvalue weighted by atomic mass is 35.5. The molecule has 0 saturated carbocycles. The second-order valence-corrected chi connectivity index (χ2v) is 4.51. The smallest absolute Gasteiger partial charge is 0.158 e. The number of rotatable bonds is 2. The Morgan fingerprint density at radius 3 is 2.93 bits per heavy atom. The molecule has 0 amide bonds. The van der Waals surface area contributed by atoms with Gasteiger partial charge in [0.2, 0.25) is 0 Å². The molecule has 0 aromatic carbocycles. The van der Waals surface area contributed by atoms with Crippen LogP contribution >= 0.6 is 11.6 Å². The van der Waals surface area contributed by atoms with E-state index in [4.69, 9.17) is 11.6 Å². The molecule has 0 radical (unpaired) electrons. The first-order valence-electron chi connectivity index (χ1n) is 5.44. The lowest BCUT2D eigenvalue weighted by Crippen LogP contribution is -2.75. The second kappa shape index (κ2) is 4.31. The van der Waals surface area contributed by atoms with E-state index in [0.29, 0.717) is 17.1 Å². The van der Waals surface area contributed by atoms with Crippen LogP contribution in [0.15, 0.2) is 18.3 Å². The normalized spacial score (nSPS) is 25.4. The minimum absolute atomic E-state index is 0.509. The average molecular weight is 224 g/mol. The number of nitrogens with one attached hydrogen (secondary N) is 1. The minimum atomic E-state index is 0.509. The molecule has 0 bridgehead atoms. The Balaban J connectivity index is 2.25. The van der Waals surface area contributed by atoms with Crippen LogP contribution in [0.5, 0.6) is 0 Å². The van der Waals surface area contributed by atoms with Gasteiger partial charge < -0.3 is 0 Å². The zero-order valence-corrected chi connectivity index (χ0v) is 9.88. The van der Waals surface area contributed by atoms with E-state index in [9.17, 15) is 0 Å². The molecule has 1 aromatic heterocycles. The van der Waals surface area contributed by atoms with Crippen molar-refractivity contribution in [3.8, 4) is 0 Å². The standard InChI is InChI=1S/C12H15ClN2/c1-3-11-10(6-8(2)15-11)9-4-5-12(13)14-7-9/h4-5,7-8,10H,3,6H2,1-2H3/p+1/t8-,10+/m0/s1. The van der Waals surface area contributed by atoms with Crippen LogP contribution in [0, 0.1) is 0 Å². The summed E-state index contributed by atoms with van der Waals surface area (Å²) >= 11 is 5.78. The van der Waals surface area contributed by atoms with Crippen molar-refractivity contribution in [3.63, 3.8) is 0 Å². The monoisotopic (exact) mass is 223 g/mol. The summed E-state index contributed by atoms with van der Waals surface area (Å²) < 4.78 is 0. The highest BCUT2D eigenvalue weighted by molar-refractivity contribution is 6.29. The van der Waals surface area contributed by atoms with E-state index < -0.39 is 0 Å². The van der Waals surface area contributed by atoms with Crippen LogP contribution in [-0.2, 0) is 0 Å². The van der Waals surface area contributed by atoms with Gasteiger partial charge in [0.25, 0.3) is 0 Å². The van der Waals surface area contributed by atoms with Crippen molar-refractivity contribution in [2.24, 2.45) is 0 Å². The van der Waals surface area contributed by atoms with Gasteiger partial charge >= 0.3 is 0 Å². The van der Waals surface area contributed by atoms with Gasteiger partial charge in [-0.3, -0.25) is 0 Å². The molecule has 1 N–H and O–H groups in total. The Morgan fingerprint density at radius 2 is 2.33 bits per heavy atom. The summed E-state index contributed by atoms with van der Waals surface area (Å²) in [6, 6.07) is 4.52. The summed E-state index contributed by atoms with van der Waals surface area (Å²) in [5, 5.41) is 0.566. The molecule has 3 heteroatoms. The Labute approximate surface area is 95.4 Å². The van der Waals surface area contributed by atoms with E-state index in [-0.39, 0.29) is 0 Å². The highest BCUT2D eigenvalue weighted by Gasteiger charge is 2.31. The summed E-state index contributed by atoms with van der Waals surface area (Å²) in [6.07, 6.45) is 4.13. The van der Waals surface area contributed by atoms with Gasteiger partial charge in [0, 0.05) is 19.0 Å². The highest BCUT2D eigenvalue weighted by Crippen LogP contribution is 2.24. The summed E-state index contributed by atoms with van der Waals surface area (Å²) in [5.74, 6) is 0.509. The molecule has 1 aromatic rings. The second-order valence-electron chi connectivity index (χ2n) is 4.13. The maximum absolute atomic E-state index is 5.78. The molecule has 0 unspecified atom stereocenters. The van der Waals surface area contributed by atoms with Crippen molar-refractivity contribution in [2.75, 3.05) is 0 Å². The first-order valence-corrected chi connectivity index (χ1v) is 5.82. The lowest BCUT2D eigenvalue weighted by Gasteiger charge is -2.07. The van der Waals surface area contributed by atoms with E-state index in [0.717, 1.165) is 12.8 Å². The zero-order valence-electron chi connectivity index (χ0n) is 9.13. The van der Waals surface area contributed by atoms with Crippen molar-refractivity contribution in [1.82, 2.24) is 4.98 Å². The summed E-state index contributed by atoms with van der Waals surface area (Å²) in [7, 11) is 0. The van der Waals surface area contributed by atoms with E-state index in [1.54, 1.807) is 0 Å². The molecule has 80 valence electrons. The Morgan fingerprint density at radius 1 is 1.53 bits per heavy atom. The molecule has 0 spiro atoms. The van der Waals surface area contributed by atoms with Crippen LogP contribution in [0.1, 0.15) is 38.2 Å². The fourth-order valence-electron chi connectivity index (χ4n) is 2.25. The van der Waals surface area contributed by atoms with Crippen molar-refractivity contribution in [3.05, 3.63) is 29.0 Å². The topological polar surface area (TPSA) is 26.9 Å². The third kappa shape index (κ3) is 2.20. The van der Waals surface area contributed by atoms with Crippen LogP contribution in [0.4, 0.5) is 0 Å². The van der Waals surface area contributed by atoms with Gasteiger partial charge in [-0.25, -0.2) is 9.98 Å². The van der Waals surface area contributed by atoms with Gasteiger partial charge in [-0.2, -0.15) is 0 Å².